The molecule has 1 fully saturated rings. The minimum absolute atomic E-state index is 0.129. The number of aliphatic hydroxyl groups is 1. The first-order valence-electron chi connectivity index (χ1n) is 7.70. The molecule has 2 rings (SSSR count). The van der Waals surface area contributed by atoms with E-state index in [4.69, 9.17) is 0 Å². The Kier molecular flexibility index (Phi) is 5.01. The summed E-state index contributed by atoms with van der Waals surface area (Å²) in [5, 5.41) is 10.7. The molecule has 0 unspecified atom stereocenters. The van der Waals surface area contributed by atoms with Crippen LogP contribution in [0.25, 0.3) is 0 Å². The summed E-state index contributed by atoms with van der Waals surface area (Å²) in [5.41, 5.74) is 1.08. The number of amides is 1. The summed E-state index contributed by atoms with van der Waals surface area (Å²) in [7, 11) is 1.94. The van der Waals surface area contributed by atoms with E-state index in [1.807, 2.05) is 44.0 Å². The fraction of sp³-hybridized carbons (Fsp3) is 0.588. The number of carbonyl (C=O) groups is 1. The molecule has 4 nitrogen and oxygen atoms in total. The molecule has 116 valence electrons. The summed E-state index contributed by atoms with van der Waals surface area (Å²) in [6.07, 6.45) is 1.41. The molecule has 0 aliphatic carbocycles. The molecule has 1 amide bonds. The Morgan fingerprint density at radius 3 is 2.86 bits per heavy atom. The van der Waals surface area contributed by atoms with Gasteiger partial charge < -0.3 is 14.9 Å². The van der Waals surface area contributed by atoms with Gasteiger partial charge in [0.05, 0.1) is 0 Å². The number of hydrogen-bond acceptors (Lipinski definition) is 3. The van der Waals surface area contributed by atoms with Gasteiger partial charge in [-0.15, -0.1) is 0 Å². The first-order chi connectivity index (χ1) is 9.94. The fourth-order valence-corrected chi connectivity index (χ4v) is 2.95. The Morgan fingerprint density at radius 1 is 1.43 bits per heavy atom. The van der Waals surface area contributed by atoms with E-state index in [0.717, 1.165) is 25.1 Å². The van der Waals surface area contributed by atoms with Gasteiger partial charge in [-0.3, -0.25) is 4.79 Å². The van der Waals surface area contributed by atoms with Gasteiger partial charge in [0.25, 0.3) is 5.91 Å². The number of likely N-dealkylation sites (N-methyl/N-ethyl adjacent to an activating group) is 1. The molecule has 21 heavy (non-hydrogen) atoms. The SMILES string of the molecule is CCN(C)C[C@]1(O)CCCN(Cc2cccc(C)c2)C1=O. The maximum absolute atomic E-state index is 12.6. The normalized spacial score (nSPS) is 22.9. The number of hydrogen-bond donors (Lipinski definition) is 1. The van der Waals surface area contributed by atoms with Crippen molar-refractivity contribution in [3.8, 4) is 0 Å². The van der Waals surface area contributed by atoms with E-state index in [0.29, 0.717) is 19.5 Å². The molecule has 0 radical (unpaired) electrons. The smallest absolute Gasteiger partial charge is 0.256 e. The van der Waals surface area contributed by atoms with Gasteiger partial charge in [-0.1, -0.05) is 36.8 Å². The van der Waals surface area contributed by atoms with Crippen molar-refractivity contribution >= 4 is 5.91 Å². The monoisotopic (exact) mass is 290 g/mol. The number of piperidine rings is 1. The highest BCUT2D eigenvalue weighted by Gasteiger charge is 2.42. The van der Waals surface area contributed by atoms with Crippen LogP contribution in [0.5, 0.6) is 0 Å². The van der Waals surface area contributed by atoms with Crippen molar-refractivity contribution in [1.29, 1.82) is 0 Å². The molecule has 1 aromatic carbocycles. The van der Waals surface area contributed by atoms with Gasteiger partial charge in [-0.25, -0.2) is 0 Å². The van der Waals surface area contributed by atoms with Crippen LogP contribution in [0.3, 0.4) is 0 Å². The molecule has 0 aromatic heterocycles. The van der Waals surface area contributed by atoms with Crippen LogP contribution < -0.4 is 0 Å². The average molecular weight is 290 g/mol. The lowest BCUT2D eigenvalue weighted by atomic mass is 9.91. The van der Waals surface area contributed by atoms with E-state index in [-0.39, 0.29) is 5.91 Å². The van der Waals surface area contributed by atoms with Crippen LogP contribution in [0, 0.1) is 6.92 Å². The third-order valence-electron chi connectivity index (χ3n) is 4.23. The van der Waals surface area contributed by atoms with Gasteiger partial charge in [-0.2, -0.15) is 0 Å². The molecule has 1 aliphatic rings. The summed E-state index contributed by atoms with van der Waals surface area (Å²) in [6.45, 7) is 6.62. The Morgan fingerprint density at radius 2 is 2.19 bits per heavy atom. The molecule has 0 spiro atoms. The van der Waals surface area contributed by atoms with Gasteiger partial charge in [-0.05, 0) is 38.9 Å². The first kappa shape index (κ1) is 16.0. The lowest BCUT2D eigenvalue weighted by Gasteiger charge is -2.40. The van der Waals surface area contributed by atoms with Crippen molar-refractivity contribution in [2.24, 2.45) is 0 Å². The van der Waals surface area contributed by atoms with Crippen molar-refractivity contribution in [3.05, 3.63) is 35.4 Å². The Labute approximate surface area is 127 Å². The van der Waals surface area contributed by atoms with E-state index >= 15 is 0 Å². The maximum Gasteiger partial charge on any atom is 0.256 e. The minimum atomic E-state index is -1.23. The predicted molar refractivity (Wildman–Crippen MR) is 84.0 cm³/mol. The summed E-state index contributed by atoms with van der Waals surface area (Å²) >= 11 is 0. The number of benzene rings is 1. The third kappa shape index (κ3) is 3.83. The Hall–Kier alpha value is -1.39. The first-order valence-corrected chi connectivity index (χ1v) is 7.70. The molecule has 1 heterocycles. The topological polar surface area (TPSA) is 43.8 Å². The van der Waals surface area contributed by atoms with Crippen molar-refractivity contribution in [2.45, 2.75) is 38.8 Å². The van der Waals surface area contributed by atoms with Crippen molar-refractivity contribution < 1.29 is 9.90 Å². The molecular formula is C17H26N2O2. The van der Waals surface area contributed by atoms with Gasteiger partial charge >= 0.3 is 0 Å². The van der Waals surface area contributed by atoms with Crippen LogP contribution in [0.2, 0.25) is 0 Å². The second kappa shape index (κ2) is 6.58. The lowest BCUT2D eigenvalue weighted by Crippen LogP contribution is -2.57. The standard InChI is InChI=1S/C17H26N2O2/c1-4-18(3)13-17(21)9-6-10-19(16(17)20)12-15-8-5-7-14(2)11-15/h5,7-8,11,21H,4,6,9-10,12-13H2,1-3H3/t17-/m1/s1. The number of aryl methyl sites for hydroxylation is 1. The van der Waals surface area contributed by atoms with Gasteiger partial charge in [0.1, 0.15) is 0 Å². The molecule has 0 bridgehead atoms. The highest BCUT2D eigenvalue weighted by molar-refractivity contribution is 5.86. The second-order valence-corrected chi connectivity index (χ2v) is 6.18. The molecule has 1 aromatic rings. The maximum atomic E-state index is 12.6. The van der Waals surface area contributed by atoms with E-state index in [2.05, 4.69) is 6.07 Å². The number of rotatable bonds is 5. The quantitative estimate of drug-likeness (QED) is 0.899. The zero-order valence-electron chi connectivity index (χ0n) is 13.3. The van der Waals surface area contributed by atoms with Crippen LogP contribution >= 0.6 is 0 Å². The van der Waals surface area contributed by atoms with Gasteiger partial charge in [0.15, 0.2) is 5.60 Å². The number of nitrogens with zero attached hydrogens (tertiary/aromatic N) is 2. The minimum Gasteiger partial charge on any atom is -0.379 e. The molecule has 1 N–H and O–H groups in total. The molecule has 0 saturated carbocycles. The highest BCUT2D eigenvalue weighted by Crippen LogP contribution is 2.25. The van der Waals surface area contributed by atoms with E-state index < -0.39 is 5.60 Å². The molecule has 1 aliphatic heterocycles. The number of likely N-dealkylation sites (tertiary alicyclic amines) is 1. The molecule has 4 heteroatoms. The fourth-order valence-electron chi connectivity index (χ4n) is 2.95. The van der Waals surface area contributed by atoms with Crippen LogP contribution in [0.15, 0.2) is 24.3 Å². The zero-order valence-corrected chi connectivity index (χ0v) is 13.3. The van der Waals surface area contributed by atoms with Crippen molar-refractivity contribution in [1.82, 2.24) is 9.80 Å². The zero-order chi connectivity index (χ0) is 15.5. The van der Waals surface area contributed by atoms with Crippen LogP contribution in [-0.2, 0) is 11.3 Å². The summed E-state index contributed by atoms with van der Waals surface area (Å²) < 4.78 is 0. The van der Waals surface area contributed by atoms with Crippen molar-refractivity contribution in [2.75, 3.05) is 26.7 Å². The van der Waals surface area contributed by atoms with Crippen molar-refractivity contribution in [3.63, 3.8) is 0 Å². The van der Waals surface area contributed by atoms with E-state index in [9.17, 15) is 9.90 Å². The largest absolute Gasteiger partial charge is 0.379 e. The predicted octanol–water partition coefficient (Wildman–Crippen LogP) is 1.80. The third-order valence-corrected chi connectivity index (χ3v) is 4.23. The molecule has 1 saturated heterocycles. The Balaban J connectivity index is 2.09. The molecular weight excluding hydrogens is 264 g/mol. The second-order valence-electron chi connectivity index (χ2n) is 6.18. The summed E-state index contributed by atoms with van der Waals surface area (Å²) in [6, 6.07) is 8.19. The van der Waals surface area contributed by atoms with Crippen LogP contribution in [0.1, 0.15) is 30.9 Å². The summed E-state index contributed by atoms with van der Waals surface area (Å²) in [5.74, 6) is -0.129. The van der Waals surface area contributed by atoms with Gasteiger partial charge in [0, 0.05) is 19.6 Å². The highest BCUT2D eigenvalue weighted by atomic mass is 16.3. The van der Waals surface area contributed by atoms with Crippen LogP contribution in [-0.4, -0.2) is 53.1 Å². The lowest BCUT2D eigenvalue weighted by molar-refractivity contribution is -0.159. The average Bonchev–Trinajstić information content (AvgIpc) is 2.44. The summed E-state index contributed by atoms with van der Waals surface area (Å²) in [4.78, 5) is 16.4. The Bertz CT molecular complexity index is 503. The molecule has 1 atom stereocenters. The van der Waals surface area contributed by atoms with Gasteiger partial charge in [0.2, 0.25) is 0 Å². The van der Waals surface area contributed by atoms with Crippen LogP contribution in [0.4, 0.5) is 0 Å². The van der Waals surface area contributed by atoms with E-state index in [1.54, 1.807) is 4.90 Å². The number of carbonyl (C=O) groups excluding carboxylic acids is 1. The van der Waals surface area contributed by atoms with E-state index in [1.165, 1.54) is 5.56 Å².